The van der Waals surface area contributed by atoms with Gasteiger partial charge in [-0.1, -0.05) is 121 Å². The Morgan fingerprint density at radius 3 is 1.44 bits per heavy atom. The molecule has 274 valence electrons. The quantitative estimate of drug-likeness (QED) is 0.123. The van der Waals surface area contributed by atoms with Crippen LogP contribution in [-0.2, 0) is 69.2 Å². The molecule has 2 amide bonds. The summed E-state index contributed by atoms with van der Waals surface area (Å²) >= 11 is 0. The van der Waals surface area contributed by atoms with Gasteiger partial charge in [0.1, 0.15) is 37.6 Å². The molecule has 5 atom stereocenters. The number of nitrogens with one attached hydrogen (secondary N) is 2. The van der Waals surface area contributed by atoms with Crippen LogP contribution in [0, 0.1) is 0 Å². The van der Waals surface area contributed by atoms with Crippen molar-refractivity contribution >= 4 is 17.8 Å². The van der Waals surface area contributed by atoms with E-state index in [1.54, 1.807) is 0 Å². The first-order chi connectivity index (χ1) is 25.4. The van der Waals surface area contributed by atoms with Gasteiger partial charge in [-0.3, -0.25) is 14.4 Å². The summed E-state index contributed by atoms with van der Waals surface area (Å²) in [4.78, 5) is 35.2. The Morgan fingerprint density at radius 2 is 0.962 bits per heavy atom. The molecular formula is C40H44N2O10. The minimum Gasteiger partial charge on any atom is -0.480 e. The van der Waals surface area contributed by atoms with E-state index in [2.05, 4.69) is 10.6 Å². The Kier molecular flexibility index (Phi) is 15.3. The average Bonchev–Trinajstić information content (AvgIpc) is 3.18. The van der Waals surface area contributed by atoms with Crippen molar-refractivity contribution in [3.63, 3.8) is 0 Å². The number of hydrogen-bond donors (Lipinski definition) is 3. The fourth-order valence-corrected chi connectivity index (χ4v) is 5.50. The van der Waals surface area contributed by atoms with Crippen LogP contribution in [0.25, 0.3) is 0 Å². The maximum absolute atomic E-state index is 12.6. The van der Waals surface area contributed by atoms with Crippen molar-refractivity contribution in [2.45, 2.75) is 57.1 Å². The number of rotatable bonds is 20. The summed E-state index contributed by atoms with van der Waals surface area (Å²) in [6.07, 6.45) is -3.86. The summed E-state index contributed by atoms with van der Waals surface area (Å²) in [5.41, 5.74) is 3.79. The van der Waals surface area contributed by atoms with Crippen molar-refractivity contribution in [2.24, 2.45) is 0 Å². The van der Waals surface area contributed by atoms with Crippen molar-refractivity contribution in [1.29, 1.82) is 0 Å². The summed E-state index contributed by atoms with van der Waals surface area (Å²) in [7, 11) is 0. The lowest BCUT2D eigenvalue weighted by Crippen LogP contribution is -2.61. The molecule has 0 radical (unpaired) electrons. The molecule has 3 N–H and O–H groups in total. The molecule has 0 aliphatic carbocycles. The van der Waals surface area contributed by atoms with E-state index >= 15 is 0 Å². The Hall–Kier alpha value is -4.95. The third kappa shape index (κ3) is 12.7. The van der Waals surface area contributed by atoms with Crippen LogP contribution < -0.4 is 10.6 Å². The third-order valence-corrected chi connectivity index (χ3v) is 8.10. The average molecular weight is 713 g/mol. The monoisotopic (exact) mass is 712 g/mol. The predicted octanol–water partition coefficient (Wildman–Crippen LogP) is 4.02. The van der Waals surface area contributed by atoms with E-state index in [0.717, 1.165) is 22.3 Å². The number of hydrogen-bond acceptors (Lipinski definition) is 9. The molecule has 4 aromatic carbocycles. The number of carbonyl (C=O) groups is 3. The molecule has 4 aromatic rings. The van der Waals surface area contributed by atoms with E-state index < -0.39 is 68.2 Å². The Balaban J connectivity index is 1.37. The second-order valence-corrected chi connectivity index (χ2v) is 12.1. The van der Waals surface area contributed by atoms with Crippen molar-refractivity contribution in [1.82, 2.24) is 10.6 Å². The minimum absolute atomic E-state index is 0.0834. The zero-order valence-electron chi connectivity index (χ0n) is 28.7. The Labute approximate surface area is 302 Å². The fraction of sp³-hybridized carbons (Fsp3) is 0.325. The molecule has 1 aliphatic heterocycles. The van der Waals surface area contributed by atoms with Gasteiger partial charge in [-0.05, 0) is 22.3 Å². The molecule has 1 aliphatic rings. The maximum atomic E-state index is 12.6. The second-order valence-electron chi connectivity index (χ2n) is 12.1. The molecule has 0 saturated carbocycles. The molecule has 1 heterocycles. The molecule has 0 aromatic heterocycles. The summed E-state index contributed by atoms with van der Waals surface area (Å²) in [5.74, 6) is -2.40. The fourth-order valence-electron chi connectivity index (χ4n) is 5.50. The number of carbonyl (C=O) groups excluding carboxylic acids is 2. The molecular weight excluding hydrogens is 668 g/mol. The van der Waals surface area contributed by atoms with Gasteiger partial charge in [-0.15, -0.1) is 0 Å². The van der Waals surface area contributed by atoms with E-state index in [9.17, 15) is 14.4 Å². The first-order valence-corrected chi connectivity index (χ1v) is 17.0. The van der Waals surface area contributed by atoms with Gasteiger partial charge in [0.05, 0.1) is 39.6 Å². The van der Waals surface area contributed by atoms with Crippen LogP contribution in [0.4, 0.5) is 0 Å². The molecule has 12 nitrogen and oxygen atoms in total. The van der Waals surface area contributed by atoms with Crippen molar-refractivity contribution in [3.8, 4) is 0 Å². The molecule has 1 fully saturated rings. The first-order valence-electron chi connectivity index (χ1n) is 17.0. The Morgan fingerprint density at radius 1 is 0.538 bits per heavy atom. The van der Waals surface area contributed by atoms with Crippen LogP contribution in [0.3, 0.4) is 0 Å². The zero-order chi connectivity index (χ0) is 36.4. The van der Waals surface area contributed by atoms with Gasteiger partial charge in [0, 0.05) is 0 Å². The van der Waals surface area contributed by atoms with Gasteiger partial charge in [-0.25, -0.2) is 0 Å². The van der Waals surface area contributed by atoms with Gasteiger partial charge >= 0.3 is 5.97 Å². The summed E-state index contributed by atoms with van der Waals surface area (Å²) in [6, 6.07) is 39.0. The number of carboxylic acid groups (broad SMARTS) is 1. The van der Waals surface area contributed by atoms with Crippen LogP contribution in [0.2, 0.25) is 0 Å². The highest BCUT2D eigenvalue weighted by molar-refractivity contribution is 5.87. The highest BCUT2D eigenvalue weighted by Crippen LogP contribution is 2.32. The highest BCUT2D eigenvalue weighted by Gasteiger charge is 2.49. The van der Waals surface area contributed by atoms with E-state index in [-0.39, 0.29) is 33.0 Å². The van der Waals surface area contributed by atoms with Gasteiger partial charge in [-0.2, -0.15) is 0 Å². The standard InChI is InChI=1S/C40H44N2O10/c43-34(42-22-36(45)46)21-41-35(44)28-47-27-33-37(48-23-29-13-5-1-6-14-29)38(49-24-30-15-7-2-8-16-30)39(50-25-31-17-9-3-10-18-31)40(52-33)51-26-32-19-11-4-12-20-32/h1-20,33,37-40H,21-28H2,(H,41,44)(H,42,43)(H,45,46)/t33-,37-,38+,39-,40?/m1/s1. The molecule has 52 heavy (non-hydrogen) atoms. The lowest BCUT2D eigenvalue weighted by molar-refractivity contribution is -0.330. The lowest BCUT2D eigenvalue weighted by Gasteiger charge is -2.45. The molecule has 0 spiro atoms. The molecule has 12 heteroatoms. The SMILES string of the molecule is O=C(O)CNC(=O)CNC(=O)COC[C@H]1OC(OCc2ccccc2)[C@H](OCc2ccccc2)[C@@H](OCc2ccccc2)[C@@H]1OCc1ccccc1. The number of carboxylic acids is 1. The van der Waals surface area contributed by atoms with Crippen LogP contribution in [0.5, 0.6) is 0 Å². The first kappa shape index (κ1) is 38.3. The number of amides is 2. The number of benzene rings is 4. The largest absolute Gasteiger partial charge is 0.480 e. The van der Waals surface area contributed by atoms with Crippen LogP contribution in [-0.4, -0.2) is 79.9 Å². The predicted molar refractivity (Wildman–Crippen MR) is 189 cm³/mol. The van der Waals surface area contributed by atoms with Gasteiger partial charge in [0.25, 0.3) is 0 Å². The van der Waals surface area contributed by atoms with Crippen molar-refractivity contribution in [2.75, 3.05) is 26.3 Å². The highest BCUT2D eigenvalue weighted by atomic mass is 16.7. The van der Waals surface area contributed by atoms with Crippen LogP contribution in [0.15, 0.2) is 121 Å². The maximum Gasteiger partial charge on any atom is 0.322 e. The van der Waals surface area contributed by atoms with Crippen LogP contribution >= 0.6 is 0 Å². The van der Waals surface area contributed by atoms with E-state index in [1.807, 2.05) is 121 Å². The zero-order valence-corrected chi connectivity index (χ0v) is 28.7. The van der Waals surface area contributed by atoms with Gasteiger partial charge < -0.3 is 44.2 Å². The molecule has 5 rings (SSSR count). The van der Waals surface area contributed by atoms with E-state index in [1.165, 1.54) is 0 Å². The number of aliphatic carboxylic acids is 1. The summed E-state index contributed by atoms with van der Waals surface area (Å²) in [5, 5.41) is 13.4. The van der Waals surface area contributed by atoms with Crippen molar-refractivity contribution < 1.29 is 47.9 Å². The molecule has 0 bridgehead atoms. The second kappa shape index (κ2) is 20.8. The normalized spacial score (nSPS) is 19.8. The third-order valence-electron chi connectivity index (χ3n) is 8.10. The smallest absolute Gasteiger partial charge is 0.322 e. The molecule has 1 unspecified atom stereocenters. The lowest BCUT2D eigenvalue weighted by atomic mass is 9.97. The molecule has 1 saturated heterocycles. The van der Waals surface area contributed by atoms with Gasteiger partial charge in [0.15, 0.2) is 6.29 Å². The van der Waals surface area contributed by atoms with E-state index in [4.69, 9.17) is 33.5 Å². The van der Waals surface area contributed by atoms with E-state index in [0.29, 0.717) is 0 Å². The van der Waals surface area contributed by atoms with Crippen LogP contribution in [0.1, 0.15) is 22.3 Å². The minimum atomic E-state index is -1.19. The Bertz CT molecular complexity index is 1650. The topological polar surface area (TPSA) is 151 Å². The van der Waals surface area contributed by atoms with Crippen molar-refractivity contribution in [3.05, 3.63) is 144 Å². The number of ether oxygens (including phenoxy) is 6. The summed E-state index contributed by atoms with van der Waals surface area (Å²) in [6.45, 7) is -0.433. The van der Waals surface area contributed by atoms with Gasteiger partial charge in [0.2, 0.25) is 11.8 Å². The summed E-state index contributed by atoms with van der Waals surface area (Å²) < 4.78 is 38.7.